The van der Waals surface area contributed by atoms with Gasteiger partial charge in [-0.1, -0.05) is 11.3 Å². The summed E-state index contributed by atoms with van der Waals surface area (Å²) in [4.78, 5) is 12.5. The largest absolute Gasteiger partial charge is 0.480 e. The zero-order chi connectivity index (χ0) is 10.8. The van der Waals surface area contributed by atoms with E-state index in [4.69, 9.17) is 5.11 Å². The summed E-state index contributed by atoms with van der Waals surface area (Å²) in [5.74, 6) is -0.169. The molecule has 0 aliphatic heterocycles. The van der Waals surface area contributed by atoms with E-state index in [0.29, 0.717) is 5.92 Å². The molecule has 1 aliphatic rings. The van der Waals surface area contributed by atoms with E-state index in [1.54, 1.807) is 0 Å². The first-order valence-corrected chi connectivity index (χ1v) is 5.73. The third kappa shape index (κ3) is 2.89. The first kappa shape index (κ1) is 10.4. The molecule has 2 rings (SSSR count). The minimum Gasteiger partial charge on any atom is -0.480 e. The highest BCUT2D eigenvalue weighted by Gasteiger charge is 2.26. The molecule has 0 saturated heterocycles. The van der Waals surface area contributed by atoms with Gasteiger partial charge in [0.1, 0.15) is 11.6 Å². The number of anilines is 1. The Kier molecular flexibility index (Phi) is 2.86. The Morgan fingerprint density at radius 1 is 1.60 bits per heavy atom. The minimum absolute atomic E-state index is 0.0190. The van der Waals surface area contributed by atoms with Gasteiger partial charge in [-0.2, -0.15) is 0 Å². The van der Waals surface area contributed by atoms with E-state index in [0.717, 1.165) is 16.7 Å². The van der Waals surface area contributed by atoms with Gasteiger partial charge in [0, 0.05) is 6.54 Å². The molecule has 5 nitrogen and oxygen atoms in total. The van der Waals surface area contributed by atoms with Crippen LogP contribution >= 0.6 is 11.3 Å². The van der Waals surface area contributed by atoms with Crippen LogP contribution in [0.1, 0.15) is 17.8 Å². The quantitative estimate of drug-likeness (QED) is 0.817. The van der Waals surface area contributed by atoms with E-state index in [1.165, 1.54) is 24.2 Å². The summed E-state index contributed by atoms with van der Waals surface area (Å²) < 4.78 is 0. The molecule has 0 spiro atoms. The van der Waals surface area contributed by atoms with E-state index in [-0.39, 0.29) is 6.54 Å². The molecule has 1 aromatic heterocycles. The second kappa shape index (κ2) is 4.14. The van der Waals surface area contributed by atoms with Gasteiger partial charge in [-0.3, -0.25) is 4.79 Å². The Bertz CT molecular complexity index is 362. The number of hydrogen-bond acceptors (Lipinski definition) is 5. The third-order valence-electron chi connectivity index (χ3n) is 2.29. The van der Waals surface area contributed by atoms with Crippen molar-refractivity contribution in [3.63, 3.8) is 0 Å². The van der Waals surface area contributed by atoms with Crippen molar-refractivity contribution in [2.45, 2.75) is 19.8 Å². The summed E-state index contributed by atoms with van der Waals surface area (Å²) >= 11 is 1.45. The average Bonchev–Trinajstić information content (AvgIpc) is 2.85. The standard InChI is InChI=1S/C9H13N3O2S/c1-6-10-11-9(15-6)12(5-8(13)14)4-7-2-3-7/h7H,2-5H2,1H3,(H,13,14). The molecule has 6 heteroatoms. The number of rotatable bonds is 5. The zero-order valence-electron chi connectivity index (χ0n) is 8.51. The lowest BCUT2D eigenvalue weighted by Gasteiger charge is -2.18. The van der Waals surface area contributed by atoms with Gasteiger partial charge < -0.3 is 10.0 Å². The van der Waals surface area contributed by atoms with E-state index >= 15 is 0 Å². The SMILES string of the molecule is Cc1nnc(N(CC(=O)O)CC2CC2)s1. The van der Waals surface area contributed by atoms with E-state index in [9.17, 15) is 4.79 Å². The highest BCUT2D eigenvalue weighted by atomic mass is 32.1. The van der Waals surface area contributed by atoms with Crippen LogP contribution in [0.15, 0.2) is 0 Å². The summed E-state index contributed by atoms with van der Waals surface area (Å²) in [5, 5.41) is 18.3. The number of carboxylic acids is 1. The van der Waals surface area contributed by atoms with Crippen LogP contribution in [0, 0.1) is 12.8 Å². The van der Waals surface area contributed by atoms with Crippen LogP contribution in [-0.4, -0.2) is 34.4 Å². The molecule has 1 heterocycles. The number of aliphatic carboxylic acids is 1. The third-order valence-corrected chi connectivity index (χ3v) is 3.19. The van der Waals surface area contributed by atoms with Gasteiger partial charge in [-0.25, -0.2) is 0 Å². The van der Waals surface area contributed by atoms with Gasteiger partial charge in [0.05, 0.1) is 0 Å². The summed E-state index contributed by atoms with van der Waals surface area (Å²) in [6, 6.07) is 0. The maximum atomic E-state index is 10.7. The van der Waals surface area contributed by atoms with Crippen molar-refractivity contribution >= 4 is 22.4 Å². The fraction of sp³-hybridized carbons (Fsp3) is 0.667. The molecule has 0 unspecified atom stereocenters. The molecule has 0 atom stereocenters. The fourth-order valence-corrected chi connectivity index (χ4v) is 2.10. The second-order valence-corrected chi connectivity index (χ2v) is 4.98. The fourth-order valence-electron chi connectivity index (χ4n) is 1.40. The summed E-state index contributed by atoms with van der Waals surface area (Å²) in [7, 11) is 0. The van der Waals surface area contributed by atoms with Gasteiger partial charge in [0.2, 0.25) is 5.13 Å². The molecule has 0 radical (unpaired) electrons. The summed E-state index contributed by atoms with van der Waals surface area (Å²) in [5.41, 5.74) is 0. The van der Waals surface area contributed by atoms with Crippen LogP contribution < -0.4 is 4.90 Å². The minimum atomic E-state index is -0.816. The normalized spacial score (nSPS) is 15.3. The van der Waals surface area contributed by atoms with Crippen LogP contribution in [0.25, 0.3) is 0 Å². The molecule has 0 aromatic carbocycles. The van der Waals surface area contributed by atoms with Crippen molar-refractivity contribution in [3.05, 3.63) is 5.01 Å². The summed E-state index contributed by atoms with van der Waals surface area (Å²) in [6.45, 7) is 2.68. The van der Waals surface area contributed by atoms with Crippen molar-refractivity contribution < 1.29 is 9.90 Å². The molecule has 1 aliphatic carbocycles. The average molecular weight is 227 g/mol. The molecule has 0 amide bonds. The maximum Gasteiger partial charge on any atom is 0.323 e. The van der Waals surface area contributed by atoms with Gasteiger partial charge in [-0.05, 0) is 25.7 Å². The van der Waals surface area contributed by atoms with Gasteiger partial charge >= 0.3 is 5.97 Å². The number of aryl methyl sites for hydroxylation is 1. The predicted octanol–water partition coefficient (Wildman–Crippen LogP) is 1.15. The van der Waals surface area contributed by atoms with E-state index < -0.39 is 5.97 Å². The van der Waals surface area contributed by atoms with Crippen LogP contribution in [0.5, 0.6) is 0 Å². The van der Waals surface area contributed by atoms with Crippen LogP contribution in [0.2, 0.25) is 0 Å². The number of carbonyl (C=O) groups is 1. The number of nitrogens with zero attached hydrogens (tertiary/aromatic N) is 3. The summed E-state index contributed by atoms with van der Waals surface area (Å²) in [6.07, 6.45) is 2.40. The van der Waals surface area contributed by atoms with E-state index in [1.807, 2.05) is 11.8 Å². The Hall–Kier alpha value is -1.17. The monoisotopic (exact) mass is 227 g/mol. The highest BCUT2D eigenvalue weighted by Crippen LogP contribution is 2.32. The first-order valence-electron chi connectivity index (χ1n) is 4.92. The van der Waals surface area contributed by atoms with Crippen molar-refractivity contribution in [1.82, 2.24) is 10.2 Å². The predicted molar refractivity (Wildman–Crippen MR) is 57.2 cm³/mol. The molecule has 15 heavy (non-hydrogen) atoms. The molecule has 1 fully saturated rings. The lowest BCUT2D eigenvalue weighted by Crippen LogP contribution is -2.31. The van der Waals surface area contributed by atoms with Crippen LogP contribution in [-0.2, 0) is 4.79 Å². The van der Waals surface area contributed by atoms with Crippen molar-refractivity contribution in [2.24, 2.45) is 5.92 Å². The Morgan fingerprint density at radius 3 is 2.80 bits per heavy atom. The molecule has 1 N–H and O–H groups in total. The second-order valence-electron chi connectivity index (χ2n) is 3.82. The number of hydrogen-bond donors (Lipinski definition) is 1. The Morgan fingerprint density at radius 2 is 2.33 bits per heavy atom. The molecule has 0 bridgehead atoms. The van der Waals surface area contributed by atoms with E-state index in [2.05, 4.69) is 10.2 Å². The molecule has 1 saturated carbocycles. The van der Waals surface area contributed by atoms with Crippen molar-refractivity contribution in [1.29, 1.82) is 0 Å². The molecular weight excluding hydrogens is 214 g/mol. The lowest BCUT2D eigenvalue weighted by atomic mass is 10.4. The van der Waals surface area contributed by atoms with Gasteiger partial charge in [0.15, 0.2) is 0 Å². The van der Waals surface area contributed by atoms with Crippen LogP contribution in [0.4, 0.5) is 5.13 Å². The number of aromatic nitrogens is 2. The zero-order valence-corrected chi connectivity index (χ0v) is 9.33. The molecule has 1 aromatic rings. The van der Waals surface area contributed by atoms with Crippen molar-refractivity contribution in [2.75, 3.05) is 18.0 Å². The Balaban J connectivity index is 2.05. The molecule has 82 valence electrons. The maximum absolute atomic E-state index is 10.7. The molecular formula is C9H13N3O2S. The Labute approximate surface area is 91.7 Å². The van der Waals surface area contributed by atoms with Crippen molar-refractivity contribution in [3.8, 4) is 0 Å². The number of carboxylic acid groups (broad SMARTS) is 1. The topological polar surface area (TPSA) is 66.3 Å². The smallest absolute Gasteiger partial charge is 0.323 e. The van der Waals surface area contributed by atoms with Gasteiger partial charge in [-0.15, -0.1) is 10.2 Å². The lowest BCUT2D eigenvalue weighted by molar-refractivity contribution is -0.135. The van der Waals surface area contributed by atoms with Crippen LogP contribution in [0.3, 0.4) is 0 Å². The van der Waals surface area contributed by atoms with Gasteiger partial charge in [0.25, 0.3) is 0 Å². The highest BCUT2D eigenvalue weighted by molar-refractivity contribution is 7.15. The first-order chi connectivity index (χ1) is 7.15.